The third-order valence-electron chi connectivity index (χ3n) is 4.65. The number of nitrogens with two attached hydrogens (primary N) is 1. The maximum absolute atomic E-state index is 12.5. The summed E-state index contributed by atoms with van der Waals surface area (Å²) < 4.78 is 0. The number of likely N-dealkylation sites (N-methyl/N-ethyl adjacent to an activating group) is 1. The molecule has 7 nitrogen and oxygen atoms in total. The van der Waals surface area contributed by atoms with Crippen LogP contribution >= 0.6 is 0 Å². The summed E-state index contributed by atoms with van der Waals surface area (Å²) in [5.41, 5.74) is 8.51. The van der Waals surface area contributed by atoms with Crippen molar-refractivity contribution >= 4 is 23.9 Å². The summed E-state index contributed by atoms with van der Waals surface area (Å²) in [6.45, 7) is 8.95. The van der Waals surface area contributed by atoms with Crippen LogP contribution in [0.3, 0.4) is 0 Å². The maximum Gasteiger partial charge on any atom is 0.251 e. The molecule has 0 saturated carbocycles. The van der Waals surface area contributed by atoms with Gasteiger partial charge in [-0.25, -0.2) is 0 Å². The standard InChI is InChI=1S/C22H32N4O3/c1-7-15(3)24-21(26(6)17(5)28)20(16(4)23)12-19(13-27)25-22(29)18-10-8-9-14(2)11-18/h8-11,13,15,19H,7,12,23H2,1-6H3,(H,25,29). The zero-order chi connectivity index (χ0) is 22.1. The van der Waals surface area contributed by atoms with E-state index in [1.807, 2.05) is 26.8 Å². The monoisotopic (exact) mass is 400 g/mol. The number of nitrogens with zero attached hydrogens (tertiary/aromatic N) is 2. The number of benzene rings is 1. The lowest BCUT2D eigenvalue weighted by Crippen LogP contribution is -2.40. The van der Waals surface area contributed by atoms with Crippen LogP contribution in [0.15, 0.2) is 40.5 Å². The summed E-state index contributed by atoms with van der Waals surface area (Å²) in [6.07, 6.45) is 1.59. The number of hydrogen-bond acceptors (Lipinski definition) is 5. The Balaban J connectivity index is 3.17. The van der Waals surface area contributed by atoms with Gasteiger partial charge in [0.05, 0.1) is 6.04 Å². The molecule has 0 fully saturated rings. The van der Waals surface area contributed by atoms with Gasteiger partial charge in [-0.15, -0.1) is 0 Å². The molecule has 0 aliphatic rings. The number of aldehydes is 1. The predicted octanol–water partition coefficient (Wildman–Crippen LogP) is 2.59. The molecule has 2 amide bonds. The van der Waals surface area contributed by atoms with Gasteiger partial charge >= 0.3 is 0 Å². The molecule has 2 unspecified atom stereocenters. The lowest BCUT2D eigenvalue weighted by Gasteiger charge is -2.24. The fourth-order valence-electron chi connectivity index (χ4n) is 2.64. The second-order valence-corrected chi connectivity index (χ2v) is 7.24. The van der Waals surface area contributed by atoms with Gasteiger partial charge in [0.1, 0.15) is 12.1 Å². The van der Waals surface area contributed by atoms with Crippen molar-refractivity contribution in [1.82, 2.24) is 10.2 Å². The van der Waals surface area contributed by atoms with Crippen LogP contribution < -0.4 is 11.1 Å². The van der Waals surface area contributed by atoms with Crippen molar-refractivity contribution < 1.29 is 14.4 Å². The van der Waals surface area contributed by atoms with Crippen molar-refractivity contribution in [2.75, 3.05) is 7.05 Å². The van der Waals surface area contributed by atoms with Crippen LogP contribution in [-0.2, 0) is 9.59 Å². The minimum atomic E-state index is -0.806. The molecule has 1 rings (SSSR count). The highest BCUT2D eigenvalue weighted by molar-refractivity contribution is 6.07. The van der Waals surface area contributed by atoms with Crippen LogP contribution in [0, 0.1) is 6.92 Å². The molecule has 0 saturated heterocycles. The third kappa shape index (κ3) is 7.18. The Hall–Kier alpha value is -2.96. The van der Waals surface area contributed by atoms with E-state index in [-0.39, 0.29) is 24.3 Å². The number of amides is 2. The van der Waals surface area contributed by atoms with Gasteiger partial charge in [-0.05, 0) is 39.3 Å². The fourth-order valence-corrected chi connectivity index (χ4v) is 2.64. The van der Waals surface area contributed by atoms with Crippen molar-refractivity contribution in [2.45, 2.75) is 59.5 Å². The van der Waals surface area contributed by atoms with E-state index in [1.54, 1.807) is 32.2 Å². The van der Waals surface area contributed by atoms with E-state index in [2.05, 4.69) is 10.3 Å². The minimum absolute atomic E-state index is 0.0299. The van der Waals surface area contributed by atoms with Gasteiger partial charge in [-0.2, -0.15) is 0 Å². The molecule has 7 heteroatoms. The lowest BCUT2D eigenvalue weighted by atomic mass is 10.0. The molecule has 3 N–H and O–H groups in total. The van der Waals surface area contributed by atoms with Crippen LogP contribution in [0.5, 0.6) is 0 Å². The number of aryl methyl sites for hydroxylation is 1. The molecule has 1 aromatic carbocycles. The Bertz CT molecular complexity index is 810. The van der Waals surface area contributed by atoms with Crippen LogP contribution in [0.1, 0.15) is 56.5 Å². The number of amidine groups is 1. The summed E-state index contributed by atoms with van der Waals surface area (Å²) in [6, 6.07) is 6.28. The fraction of sp³-hybridized carbons (Fsp3) is 0.455. The van der Waals surface area contributed by atoms with Gasteiger partial charge in [0.15, 0.2) is 0 Å². The van der Waals surface area contributed by atoms with Crippen LogP contribution in [0.25, 0.3) is 0 Å². The van der Waals surface area contributed by atoms with Gasteiger partial charge in [0.25, 0.3) is 5.91 Å². The topological polar surface area (TPSA) is 105 Å². The third-order valence-corrected chi connectivity index (χ3v) is 4.65. The number of hydrogen-bond donors (Lipinski definition) is 2. The molecule has 0 spiro atoms. The Kier molecular flexibility index (Phi) is 9.25. The highest BCUT2D eigenvalue weighted by atomic mass is 16.2. The van der Waals surface area contributed by atoms with E-state index < -0.39 is 6.04 Å². The summed E-state index contributed by atoms with van der Waals surface area (Å²) in [4.78, 5) is 42.3. The number of aliphatic imine (C=N–C) groups is 1. The number of carbonyl (C=O) groups is 3. The van der Waals surface area contributed by atoms with E-state index in [9.17, 15) is 14.4 Å². The molecule has 0 bridgehead atoms. The molecule has 0 aromatic heterocycles. The summed E-state index contributed by atoms with van der Waals surface area (Å²) in [5, 5.41) is 2.73. The highest BCUT2D eigenvalue weighted by Gasteiger charge is 2.23. The predicted molar refractivity (Wildman–Crippen MR) is 116 cm³/mol. The number of allylic oxidation sites excluding steroid dienone is 1. The van der Waals surface area contributed by atoms with Crippen molar-refractivity contribution in [1.29, 1.82) is 0 Å². The molecule has 158 valence electrons. The SMILES string of the molecule is CCC(C)N=C(C(CC(C=O)NC(=O)c1cccc(C)c1)=C(C)N)N(C)C(C)=O. The largest absolute Gasteiger partial charge is 0.402 e. The second-order valence-electron chi connectivity index (χ2n) is 7.24. The molecule has 0 aliphatic heterocycles. The molecule has 0 aliphatic carbocycles. The Morgan fingerprint density at radius 1 is 1.31 bits per heavy atom. The van der Waals surface area contributed by atoms with Crippen LogP contribution in [0.2, 0.25) is 0 Å². The number of carbonyl (C=O) groups excluding carboxylic acids is 3. The first-order valence-corrected chi connectivity index (χ1v) is 9.71. The number of nitrogens with one attached hydrogen (secondary N) is 1. The van der Waals surface area contributed by atoms with Gasteiger partial charge in [-0.3, -0.25) is 14.6 Å². The Labute approximate surface area is 173 Å². The first-order valence-electron chi connectivity index (χ1n) is 9.71. The van der Waals surface area contributed by atoms with Crippen molar-refractivity contribution in [3.8, 4) is 0 Å². The Morgan fingerprint density at radius 2 is 1.97 bits per heavy atom. The summed E-state index contributed by atoms with van der Waals surface area (Å²) in [7, 11) is 1.62. The van der Waals surface area contributed by atoms with E-state index in [0.29, 0.717) is 29.0 Å². The molecule has 2 atom stereocenters. The van der Waals surface area contributed by atoms with Crippen molar-refractivity contribution in [3.63, 3.8) is 0 Å². The molecule has 0 heterocycles. The minimum Gasteiger partial charge on any atom is -0.402 e. The molecular weight excluding hydrogens is 368 g/mol. The average Bonchev–Trinajstić information content (AvgIpc) is 2.68. The summed E-state index contributed by atoms with van der Waals surface area (Å²) >= 11 is 0. The normalized spacial score (nSPS) is 14.5. The molecular formula is C22H32N4O3. The van der Waals surface area contributed by atoms with Crippen LogP contribution in [0.4, 0.5) is 0 Å². The quantitative estimate of drug-likeness (QED) is 0.397. The van der Waals surface area contributed by atoms with Gasteiger partial charge in [0, 0.05) is 43.3 Å². The Morgan fingerprint density at radius 3 is 2.45 bits per heavy atom. The zero-order valence-corrected chi connectivity index (χ0v) is 18.2. The van der Waals surface area contributed by atoms with Crippen molar-refractivity contribution in [3.05, 3.63) is 46.7 Å². The molecule has 0 radical (unpaired) electrons. The van der Waals surface area contributed by atoms with E-state index in [4.69, 9.17) is 5.73 Å². The zero-order valence-electron chi connectivity index (χ0n) is 18.2. The van der Waals surface area contributed by atoms with E-state index >= 15 is 0 Å². The highest BCUT2D eigenvalue weighted by Crippen LogP contribution is 2.16. The lowest BCUT2D eigenvalue weighted by molar-refractivity contribution is -0.124. The smallest absolute Gasteiger partial charge is 0.251 e. The van der Waals surface area contributed by atoms with Gasteiger partial charge in [0.2, 0.25) is 5.91 Å². The van der Waals surface area contributed by atoms with Crippen molar-refractivity contribution in [2.24, 2.45) is 10.7 Å². The number of rotatable bonds is 8. The van der Waals surface area contributed by atoms with E-state index in [0.717, 1.165) is 12.0 Å². The first-order chi connectivity index (χ1) is 13.6. The second kappa shape index (κ2) is 11.1. The first kappa shape index (κ1) is 24.1. The average molecular weight is 401 g/mol. The summed E-state index contributed by atoms with van der Waals surface area (Å²) in [5.74, 6) is -0.124. The van der Waals surface area contributed by atoms with E-state index in [1.165, 1.54) is 11.8 Å². The molecule has 29 heavy (non-hydrogen) atoms. The molecule has 1 aromatic rings. The van der Waals surface area contributed by atoms with Gasteiger partial charge in [-0.1, -0.05) is 24.6 Å². The van der Waals surface area contributed by atoms with Gasteiger partial charge < -0.3 is 20.7 Å². The van der Waals surface area contributed by atoms with Crippen LogP contribution in [-0.4, -0.2) is 48.0 Å². The maximum atomic E-state index is 12.5.